The monoisotopic (exact) mass is 445 g/mol. The molecule has 1 atom stereocenters. The third kappa shape index (κ3) is 3.51. The first kappa shape index (κ1) is 18.5. The van der Waals surface area contributed by atoms with E-state index in [-0.39, 0.29) is 4.95 Å². The van der Waals surface area contributed by atoms with Crippen LogP contribution in [0.4, 0.5) is 17.1 Å². The second kappa shape index (κ2) is 7.66. The van der Waals surface area contributed by atoms with Crippen molar-refractivity contribution in [3.05, 3.63) is 58.7 Å². The lowest BCUT2D eigenvalue weighted by Crippen LogP contribution is -2.42. The number of alkyl halides is 1. The summed E-state index contributed by atoms with van der Waals surface area (Å²) in [5, 5.41) is 5.36. The minimum Gasteiger partial charge on any atom is -0.377 e. The van der Waals surface area contributed by atoms with Crippen LogP contribution in [0.2, 0.25) is 5.02 Å². The van der Waals surface area contributed by atoms with E-state index < -0.39 is 0 Å². The van der Waals surface area contributed by atoms with E-state index in [0.717, 1.165) is 52.4 Å². The molecule has 4 nitrogen and oxygen atoms in total. The number of hydrogen-bond donors (Lipinski definition) is 1. The molecule has 0 amide bonds. The van der Waals surface area contributed by atoms with Crippen molar-refractivity contribution in [1.29, 1.82) is 0 Å². The van der Waals surface area contributed by atoms with E-state index in [1.165, 1.54) is 0 Å². The topological polar surface area (TPSA) is 37.4 Å². The van der Waals surface area contributed by atoms with Gasteiger partial charge in [0.2, 0.25) is 0 Å². The highest BCUT2D eigenvalue weighted by Gasteiger charge is 2.23. The second-order valence-electron chi connectivity index (χ2n) is 6.68. The van der Waals surface area contributed by atoms with Gasteiger partial charge in [0.05, 0.1) is 40.8 Å². The van der Waals surface area contributed by atoms with E-state index in [2.05, 4.69) is 57.3 Å². The van der Waals surface area contributed by atoms with Crippen LogP contribution in [0, 0.1) is 13.8 Å². The Balaban J connectivity index is 1.82. The number of morpholine rings is 1. The summed E-state index contributed by atoms with van der Waals surface area (Å²) in [4.78, 5) is 7.17. The summed E-state index contributed by atoms with van der Waals surface area (Å²) in [6, 6.07) is 14.3. The number of ether oxygens (including phenoxy) is 1. The van der Waals surface area contributed by atoms with Gasteiger partial charge in [-0.2, -0.15) is 0 Å². The molecule has 0 radical (unpaired) electrons. The molecule has 6 heteroatoms. The van der Waals surface area contributed by atoms with Crippen molar-refractivity contribution < 1.29 is 4.74 Å². The zero-order valence-electron chi connectivity index (χ0n) is 15.3. The molecule has 1 aliphatic heterocycles. The lowest BCUT2D eigenvalue weighted by molar-refractivity contribution is 0.116. The molecular weight excluding hydrogens is 426 g/mol. The van der Waals surface area contributed by atoms with Crippen molar-refractivity contribution >= 4 is 55.5 Å². The van der Waals surface area contributed by atoms with Crippen LogP contribution >= 0.6 is 27.5 Å². The number of hydrogen-bond acceptors (Lipinski definition) is 4. The Morgan fingerprint density at radius 1 is 1.19 bits per heavy atom. The fraction of sp³-hybridized carbons (Fsp3) is 0.286. The first-order chi connectivity index (χ1) is 13.1. The third-order valence-corrected chi connectivity index (χ3v) is 6.06. The smallest absolute Gasteiger partial charge is 0.108 e. The Morgan fingerprint density at radius 3 is 2.81 bits per heavy atom. The molecule has 1 aliphatic rings. The van der Waals surface area contributed by atoms with Crippen LogP contribution in [0.15, 0.2) is 42.5 Å². The van der Waals surface area contributed by atoms with E-state index in [1.54, 1.807) is 0 Å². The van der Waals surface area contributed by atoms with Gasteiger partial charge in [-0.1, -0.05) is 51.8 Å². The second-order valence-corrected chi connectivity index (χ2v) is 8.14. The van der Waals surface area contributed by atoms with E-state index >= 15 is 0 Å². The molecule has 2 aromatic carbocycles. The van der Waals surface area contributed by atoms with Gasteiger partial charge in [-0.3, -0.25) is 4.98 Å². The molecule has 2 heterocycles. The van der Waals surface area contributed by atoms with Gasteiger partial charge in [-0.15, -0.1) is 0 Å². The highest BCUT2D eigenvalue weighted by Crippen LogP contribution is 2.37. The molecule has 1 N–H and O–H groups in total. The molecule has 140 valence electrons. The molecular formula is C21H21BrClN3O. The molecule has 1 fully saturated rings. The Labute approximate surface area is 172 Å². The van der Waals surface area contributed by atoms with Crippen molar-refractivity contribution in [3.8, 4) is 0 Å². The number of fused-ring (bicyclic) bond motifs is 1. The van der Waals surface area contributed by atoms with Crippen LogP contribution in [0.1, 0.15) is 11.3 Å². The normalized spacial score (nSPS) is 17.3. The average Bonchev–Trinajstić information content (AvgIpc) is 2.67. The van der Waals surface area contributed by atoms with Crippen LogP contribution in [0.3, 0.4) is 0 Å². The molecule has 3 aromatic rings. The maximum absolute atomic E-state index is 6.41. The van der Waals surface area contributed by atoms with Crippen molar-refractivity contribution in [3.63, 3.8) is 0 Å². The number of aromatic nitrogens is 1. The van der Waals surface area contributed by atoms with Crippen LogP contribution < -0.4 is 10.2 Å². The molecule has 1 saturated heterocycles. The van der Waals surface area contributed by atoms with Gasteiger partial charge in [-0.05, 0) is 37.6 Å². The number of para-hydroxylation sites is 3. The summed E-state index contributed by atoms with van der Waals surface area (Å²) in [6.07, 6.45) is 0. The summed E-state index contributed by atoms with van der Waals surface area (Å²) in [5.41, 5.74) is 6.17. The fourth-order valence-corrected chi connectivity index (χ4v) is 4.26. The fourth-order valence-electron chi connectivity index (χ4n) is 3.44. The van der Waals surface area contributed by atoms with Crippen molar-refractivity contribution in [2.45, 2.75) is 18.8 Å². The maximum Gasteiger partial charge on any atom is 0.108 e. The van der Waals surface area contributed by atoms with Crippen LogP contribution in [0.25, 0.3) is 10.9 Å². The van der Waals surface area contributed by atoms with Gasteiger partial charge in [0, 0.05) is 17.6 Å². The Morgan fingerprint density at radius 2 is 2.00 bits per heavy atom. The first-order valence-corrected chi connectivity index (χ1v) is 10.3. The first-order valence-electron chi connectivity index (χ1n) is 8.96. The molecule has 0 saturated carbocycles. The maximum atomic E-state index is 6.41. The largest absolute Gasteiger partial charge is 0.377 e. The van der Waals surface area contributed by atoms with E-state index in [1.807, 2.05) is 25.1 Å². The summed E-state index contributed by atoms with van der Waals surface area (Å²) >= 11 is 10.1. The summed E-state index contributed by atoms with van der Waals surface area (Å²) in [7, 11) is 0. The van der Waals surface area contributed by atoms with Gasteiger partial charge in [0.1, 0.15) is 4.95 Å². The minimum atomic E-state index is 0.153. The molecule has 0 bridgehead atoms. The minimum absolute atomic E-state index is 0.153. The molecule has 4 rings (SSSR count). The highest BCUT2D eigenvalue weighted by atomic mass is 79.9. The average molecular weight is 447 g/mol. The van der Waals surface area contributed by atoms with Crippen LogP contribution in [-0.2, 0) is 4.74 Å². The number of aryl methyl sites for hydroxylation is 1. The van der Waals surface area contributed by atoms with Crippen molar-refractivity contribution in [2.75, 3.05) is 30.0 Å². The van der Waals surface area contributed by atoms with Gasteiger partial charge in [-0.25, -0.2) is 0 Å². The quantitative estimate of drug-likeness (QED) is 0.407. The highest BCUT2D eigenvalue weighted by molar-refractivity contribution is 9.09. The number of pyridine rings is 1. The van der Waals surface area contributed by atoms with E-state index in [9.17, 15) is 0 Å². The molecule has 27 heavy (non-hydrogen) atoms. The molecule has 0 spiro atoms. The number of anilines is 3. The number of rotatable bonds is 3. The number of benzene rings is 2. The van der Waals surface area contributed by atoms with Crippen LogP contribution in [0.5, 0.6) is 0 Å². The predicted octanol–water partition coefficient (Wildman–Crippen LogP) is 5.81. The number of nitrogens with one attached hydrogen (secondary N) is 1. The Kier molecular flexibility index (Phi) is 5.26. The predicted molar refractivity (Wildman–Crippen MR) is 117 cm³/mol. The van der Waals surface area contributed by atoms with E-state index in [0.29, 0.717) is 11.6 Å². The van der Waals surface area contributed by atoms with Crippen molar-refractivity contribution in [2.24, 2.45) is 0 Å². The summed E-state index contributed by atoms with van der Waals surface area (Å²) in [5.74, 6) is 0. The van der Waals surface area contributed by atoms with Crippen molar-refractivity contribution in [1.82, 2.24) is 4.98 Å². The van der Waals surface area contributed by atoms with Gasteiger partial charge in [0.15, 0.2) is 0 Å². The summed E-state index contributed by atoms with van der Waals surface area (Å²) < 4.78 is 5.57. The van der Waals surface area contributed by atoms with Gasteiger partial charge < -0.3 is 15.0 Å². The zero-order valence-corrected chi connectivity index (χ0v) is 17.6. The Bertz CT molecular complexity index is 995. The molecule has 0 aliphatic carbocycles. The standard InChI is InChI=1S/C21H21BrClN3O/c1-13-14(2)24-21-15(6-5-7-16(21)23)20(13)25-17-8-3-4-9-18(17)26-10-11-27-12-19(26)22/h3-9,19H,10-12H2,1-2H3,(H,24,25). The van der Waals surface area contributed by atoms with Crippen LogP contribution in [-0.4, -0.2) is 29.7 Å². The van der Waals surface area contributed by atoms with Gasteiger partial charge in [0.25, 0.3) is 0 Å². The number of nitrogens with zero attached hydrogens (tertiary/aromatic N) is 2. The Hall–Kier alpha value is -1.82. The zero-order chi connectivity index (χ0) is 19.0. The molecule has 1 aromatic heterocycles. The summed E-state index contributed by atoms with van der Waals surface area (Å²) in [6.45, 7) is 6.35. The lowest BCUT2D eigenvalue weighted by Gasteiger charge is -2.35. The molecule has 1 unspecified atom stereocenters. The van der Waals surface area contributed by atoms with E-state index in [4.69, 9.17) is 21.3 Å². The lowest BCUT2D eigenvalue weighted by atomic mass is 10.1. The number of halogens is 2. The SMILES string of the molecule is Cc1nc2c(Cl)cccc2c(Nc2ccccc2N2CCOCC2Br)c1C. The van der Waals surface area contributed by atoms with Gasteiger partial charge >= 0.3 is 0 Å². The third-order valence-electron chi connectivity index (χ3n) is 5.00.